The summed E-state index contributed by atoms with van der Waals surface area (Å²) in [4.78, 5) is 4.20. The Morgan fingerprint density at radius 3 is 2.69 bits per heavy atom. The highest BCUT2D eigenvalue weighted by molar-refractivity contribution is 6.30. The zero-order valence-electron chi connectivity index (χ0n) is 15.8. The highest BCUT2D eigenvalue weighted by Crippen LogP contribution is 2.19. The SMILES string of the molecule is CN=C(NCc1ccc(C#N)cc1F)NCC(c1ccc(Cl)cc1)n1cccn1. The lowest BCUT2D eigenvalue weighted by Gasteiger charge is -2.21. The normalized spacial score (nSPS) is 12.3. The molecule has 6 nitrogen and oxygen atoms in total. The predicted octanol–water partition coefficient (Wildman–Crippen LogP) is 3.50. The third-order valence-corrected chi connectivity index (χ3v) is 4.67. The molecule has 0 aliphatic carbocycles. The van der Waals surface area contributed by atoms with Crippen LogP contribution in [0, 0.1) is 17.1 Å². The summed E-state index contributed by atoms with van der Waals surface area (Å²) in [7, 11) is 1.65. The number of nitrogens with zero attached hydrogens (tertiary/aromatic N) is 4. The van der Waals surface area contributed by atoms with E-state index in [0.717, 1.165) is 5.56 Å². The summed E-state index contributed by atoms with van der Waals surface area (Å²) < 4.78 is 15.9. The van der Waals surface area contributed by atoms with Gasteiger partial charge in [-0.1, -0.05) is 29.8 Å². The van der Waals surface area contributed by atoms with Gasteiger partial charge in [-0.25, -0.2) is 4.39 Å². The van der Waals surface area contributed by atoms with Crippen molar-refractivity contribution < 1.29 is 4.39 Å². The molecule has 1 atom stereocenters. The second kappa shape index (κ2) is 9.71. The van der Waals surface area contributed by atoms with Crippen molar-refractivity contribution in [3.63, 3.8) is 0 Å². The van der Waals surface area contributed by atoms with Gasteiger partial charge in [0.2, 0.25) is 0 Å². The highest BCUT2D eigenvalue weighted by atomic mass is 35.5. The first-order valence-corrected chi connectivity index (χ1v) is 9.36. The molecule has 2 N–H and O–H groups in total. The highest BCUT2D eigenvalue weighted by Gasteiger charge is 2.15. The molecule has 29 heavy (non-hydrogen) atoms. The lowest BCUT2D eigenvalue weighted by Crippen LogP contribution is -2.40. The van der Waals surface area contributed by atoms with Crippen LogP contribution in [-0.4, -0.2) is 29.3 Å². The molecule has 0 amide bonds. The van der Waals surface area contributed by atoms with E-state index in [1.165, 1.54) is 6.07 Å². The minimum Gasteiger partial charge on any atom is -0.354 e. The minimum absolute atomic E-state index is 0.0764. The van der Waals surface area contributed by atoms with Gasteiger partial charge >= 0.3 is 0 Å². The Morgan fingerprint density at radius 2 is 2.07 bits per heavy atom. The molecule has 0 aliphatic rings. The Morgan fingerprint density at radius 1 is 1.28 bits per heavy atom. The summed E-state index contributed by atoms with van der Waals surface area (Å²) in [5.74, 6) is 0.0995. The first-order valence-electron chi connectivity index (χ1n) is 8.98. The third-order valence-electron chi connectivity index (χ3n) is 4.41. The van der Waals surface area contributed by atoms with Crippen LogP contribution in [-0.2, 0) is 6.54 Å². The summed E-state index contributed by atoms with van der Waals surface area (Å²) in [5, 5.41) is 20.2. The van der Waals surface area contributed by atoms with E-state index in [9.17, 15) is 4.39 Å². The minimum atomic E-state index is -0.428. The van der Waals surface area contributed by atoms with Crippen LogP contribution in [0.5, 0.6) is 0 Å². The van der Waals surface area contributed by atoms with Crippen molar-refractivity contribution >= 4 is 17.6 Å². The Labute approximate surface area is 173 Å². The molecular weight excluding hydrogens is 391 g/mol. The maximum Gasteiger partial charge on any atom is 0.191 e. The van der Waals surface area contributed by atoms with E-state index >= 15 is 0 Å². The number of benzene rings is 2. The van der Waals surface area contributed by atoms with E-state index in [0.29, 0.717) is 28.7 Å². The van der Waals surface area contributed by atoms with E-state index in [1.807, 2.05) is 47.3 Å². The average Bonchev–Trinajstić information content (AvgIpc) is 3.27. The van der Waals surface area contributed by atoms with Crippen LogP contribution in [0.3, 0.4) is 0 Å². The van der Waals surface area contributed by atoms with E-state index in [4.69, 9.17) is 16.9 Å². The summed E-state index contributed by atoms with van der Waals surface area (Å²) in [6.45, 7) is 0.753. The first-order chi connectivity index (χ1) is 14.1. The zero-order chi connectivity index (χ0) is 20.6. The monoisotopic (exact) mass is 410 g/mol. The Balaban J connectivity index is 1.66. The maximum absolute atomic E-state index is 14.1. The molecule has 1 unspecified atom stereocenters. The zero-order valence-corrected chi connectivity index (χ0v) is 16.6. The number of hydrogen-bond donors (Lipinski definition) is 2. The summed E-state index contributed by atoms with van der Waals surface area (Å²) in [5.41, 5.74) is 1.78. The Hall–Kier alpha value is -3.37. The van der Waals surface area contributed by atoms with Crippen molar-refractivity contribution in [1.29, 1.82) is 5.26 Å². The van der Waals surface area contributed by atoms with Gasteiger partial charge in [0.05, 0.1) is 17.7 Å². The van der Waals surface area contributed by atoms with E-state index in [-0.39, 0.29) is 12.6 Å². The van der Waals surface area contributed by atoms with E-state index in [2.05, 4.69) is 20.7 Å². The number of halogens is 2. The fraction of sp³-hybridized carbons (Fsp3) is 0.190. The van der Waals surface area contributed by atoms with Gasteiger partial charge in [-0.3, -0.25) is 9.67 Å². The fourth-order valence-electron chi connectivity index (χ4n) is 2.87. The number of nitriles is 1. The topological polar surface area (TPSA) is 78.0 Å². The van der Waals surface area contributed by atoms with Gasteiger partial charge in [0, 0.05) is 43.1 Å². The molecule has 0 aliphatic heterocycles. The van der Waals surface area contributed by atoms with Crippen molar-refractivity contribution in [3.05, 3.63) is 88.5 Å². The van der Waals surface area contributed by atoms with Crippen molar-refractivity contribution in [2.75, 3.05) is 13.6 Å². The molecule has 2 aromatic carbocycles. The van der Waals surface area contributed by atoms with Crippen LogP contribution >= 0.6 is 11.6 Å². The quantitative estimate of drug-likeness (QED) is 0.481. The molecule has 1 heterocycles. The van der Waals surface area contributed by atoms with Crippen LogP contribution in [0.2, 0.25) is 5.02 Å². The smallest absolute Gasteiger partial charge is 0.191 e. The van der Waals surface area contributed by atoms with E-state index in [1.54, 1.807) is 25.4 Å². The number of rotatable bonds is 6. The summed E-state index contributed by atoms with van der Waals surface area (Å²) in [6, 6.07) is 15.7. The molecule has 3 aromatic rings. The molecule has 1 aromatic heterocycles. The maximum atomic E-state index is 14.1. The molecule has 0 spiro atoms. The molecule has 0 fully saturated rings. The third kappa shape index (κ3) is 5.33. The second-order valence-corrected chi connectivity index (χ2v) is 6.71. The van der Waals surface area contributed by atoms with Gasteiger partial charge in [-0.15, -0.1) is 0 Å². The number of guanidine groups is 1. The summed E-state index contributed by atoms with van der Waals surface area (Å²) >= 11 is 6.01. The van der Waals surface area contributed by atoms with Gasteiger partial charge in [-0.2, -0.15) is 10.4 Å². The molecule has 0 bridgehead atoms. The number of aromatic nitrogens is 2. The van der Waals surface area contributed by atoms with Gasteiger partial charge in [-0.05, 0) is 35.9 Å². The molecule has 0 saturated heterocycles. The van der Waals surface area contributed by atoms with Crippen LogP contribution in [0.15, 0.2) is 65.9 Å². The molecule has 3 rings (SSSR count). The van der Waals surface area contributed by atoms with Gasteiger partial charge in [0.1, 0.15) is 5.82 Å². The average molecular weight is 411 g/mol. The standard InChI is InChI=1S/C21H20ClFN6/c1-25-21(26-13-17-4-3-15(12-24)11-19(17)23)27-14-20(29-10-2-9-28-29)16-5-7-18(22)8-6-16/h2-11,20H,13-14H2,1H3,(H2,25,26,27). The molecular formula is C21H20ClFN6. The number of aliphatic imine (C=N–C) groups is 1. The lowest BCUT2D eigenvalue weighted by atomic mass is 10.1. The van der Waals surface area contributed by atoms with Crippen LogP contribution in [0.1, 0.15) is 22.7 Å². The fourth-order valence-corrected chi connectivity index (χ4v) is 2.99. The van der Waals surface area contributed by atoms with Crippen molar-refractivity contribution in [1.82, 2.24) is 20.4 Å². The van der Waals surface area contributed by atoms with Crippen LogP contribution < -0.4 is 10.6 Å². The van der Waals surface area contributed by atoms with Crippen molar-refractivity contribution in [3.8, 4) is 6.07 Å². The van der Waals surface area contributed by atoms with Gasteiger partial charge in [0.15, 0.2) is 5.96 Å². The second-order valence-electron chi connectivity index (χ2n) is 6.28. The molecule has 0 saturated carbocycles. The molecule has 148 valence electrons. The lowest BCUT2D eigenvalue weighted by molar-refractivity contribution is 0.510. The number of hydrogen-bond acceptors (Lipinski definition) is 3. The predicted molar refractivity (Wildman–Crippen MR) is 111 cm³/mol. The molecule has 8 heteroatoms. The van der Waals surface area contributed by atoms with E-state index < -0.39 is 5.82 Å². The van der Waals surface area contributed by atoms with Gasteiger partial charge in [0.25, 0.3) is 0 Å². The van der Waals surface area contributed by atoms with Gasteiger partial charge < -0.3 is 10.6 Å². The Bertz CT molecular complexity index is 1010. The van der Waals surface area contributed by atoms with Crippen LogP contribution in [0.25, 0.3) is 0 Å². The largest absolute Gasteiger partial charge is 0.354 e. The molecule has 0 radical (unpaired) electrons. The van der Waals surface area contributed by atoms with Crippen molar-refractivity contribution in [2.45, 2.75) is 12.6 Å². The summed E-state index contributed by atoms with van der Waals surface area (Å²) in [6.07, 6.45) is 3.62. The van der Waals surface area contributed by atoms with Crippen molar-refractivity contribution in [2.24, 2.45) is 4.99 Å². The Kier molecular flexibility index (Phi) is 6.82. The number of nitrogens with one attached hydrogen (secondary N) is 2. The van der Waals surface area contributed by atoms with Crippen LogP contribution in [0.4, 0.5) is 4.39 Å². The first kappa shape index (κ1) is 20.4.